The smallest absolute Gasteiger partial charge is 0.123 e. The lowest BCUT2D eigenvalue weighted by Gasteiger charge is -2.62. The molecule has 8 heteroatoms. The Morgan fingerprint density at radius 1 is 0.438 bits per heavy atom. The van der Waals surface area contributed by atoms with Crippen LogP contribution >= 0.6 is 0 Å². The summed E-state index contributed by atoms with van der Waals surface area (Å²) < 4.78 is 0. The lowest BCUT2D eigenvalue weighted by Crippen LogP contribution is -2.63. The molecule has 0 aromatic heterocycles. The Morgan fingerprint density at radius 2 is 0.938 bits per heavy atom. The second-order valence-electron chi connectivity index (χ2n) is 13.9. The number of hydrogen-bond donors (Lipinski definition) is 2. The van der Waals surface area contributed by atoms with Crippen LogP contribution in [0, 0.1) is 0 Å². The molecule has 0 bridgehead atoms. The quantitative estimate of drug-likeness (QED) is 0.236. The summed E-state index contributed by atoms with van der Waals surface area (Å²) >= 11 is 0. The first-order chi connectivity index (χ1) is 22.9. The first kappa shape index (κ1) is 31.7. The van der Waals surface area contributed by atoms with E-state index in [9.17, 15) is 20.4 Å². The first-order valence-electron chi connectivity index (χ1n) is 16.3. The molecule has 8 nitrogen and oxygen atoms in total. The molecule has 0 amide bonds. The van der Waals surface area contributed by atoms with E-state index in [2.05, 4.69) is 0 Å². The van der Waals surface area contributed by atoms with Crippen molar-refractivity contribution in [3.8, 4) is 11.5 Å². The molecule has 0 radical (unpaired) electrons. The molecule has 2 unspecified atom stereocenters. The van der Waals surface area contributed by atoms with E-state index >= 15 is 0 Å². The number of benzene rings is 6. The van der Waals surface area contributed by atoms with Crippen molar-refractivity contribution in [1.82, 2.24) is 0 Å². The Balaban J connectivity index is 1.56. The highest BCUT2D eigenvalue weighted by Gasteiger charge is 2.43. The fraction of sp³-hybridized carbons (Fsp3) is 0.300. The number of nitrogens with zero attached hydrogens (tertiary/aromatic N) is 4. The number of hydrogen-bond acceptors (Lipinski definition) is 8. The average Bonchev–Trinajstić information content (AvgIpc) is 3.03. The monoisotopic (exact) mass is 642 g/mol. The number of fused-ring (bicyclic) bond motifs is 4. The van der Waals surface area contributed by atoms with Crippen LogP contribution in [-0.2, 0) is 0 Å². The van der Waals surface area contributed by atoms with E-state index < -0.39 is 24.0 Å². The number of aromatic hydroxyl groups is 2. The van der Waals surface area contributed by atoms with Gasteiger partial charge < -0.3 is 40.0 Å². The van der Waals surface area contributed by atoms with Gasteiger partial charge in [-0.3, -0.25) is 0 Å². The first-order valence-corrected chi connectivity index (χ1v) is 16.3. The largest absolute Gasteiger partial charge is 0.851 e. The van der Waals surface area contributed by atoms with Crippen LogP contribution < -0.4 is 29.8 Å². The maximum Gasteiger partial charge on any atom is 0.123 e. The molecular formula is C40H42N4O4-2. The van der Waals surface area contributed by atoms with Gasteiger partial charge in [0.15, 0.2) is 0 Å². The van der Waals surface area contributed by atoms with Gasteiger partial charge in [-0.1, -0.05) is 48.5 Å². The normalized spacial score (nSPS) is 19.2. The highest BCUT2D eigenvalue weighted by molar-refractivity contribution is 6.23. The van der Waals surface area contributed by atoms with Crippen molar-refractivity contribution in [2.75, 3.05) is 76.0 Å². The molecule has 6 aromatic carbocycles. The molecule has 2 atom stereocenters. The molecule has 7 rings (SSSR count). The van der Waals surface area contributed by atoms with Gasteiger partial charge in [-0.2, -0.15) is 0 Å². The van der Waals surface area contributed by atoms with Gasteiger partial charge in [0, 0.05) is 100 Å². The minimum Gasteiger partial charge on any atom is -0.851 e. The van der Waals surface area contributed by atoms with Gasteiger partial charge in [-0.25, -0.2) is 0 Å². The van der Waals surface area contributed by atoms with Gasteiger partial charge in [0.1, 0.15) is 11.5 Å². The third kappa shape index (κ3) is 4.36. The predicted molar refractivity (Wildman–Crippen MR) is 197 cm³/mol. The zero-order chi connectivity index (χ0) is 34.3. The SMILES string of the molecule is CN(C)c1c2ccccc2c(C2C([O-])C(c3c4cccc(N(C)C)c4c(N(C)C)c4c(N(C)C)ccc(O)c34)C2[O-])c2c(O)cccc12. The van der Waals surface area contributed by atoms with Crippen molar-refractivity contribution in [1.29, 1.82) is 0 Å². The third-order valence-corrected chi connectivity index (χ3v) is 10.2. The summed E-state index contributed by atoms with van der Waals surface area (Å²) in [6.45, 7) is 0. The molecule has 248 valence electrons. The van der Waals surface area contributed by atoms with Gasteiger partial charge in [0.05, 0.1) is 11.4 Å². The van der Waals surface area contributed by atoms with Crippen LogP contribution in [0.25, 0.3) is 43.1 Å². The summed E-state index contributed by atoms with van der Waals surface area (Å²) in [5.41, 5.74) is 4.87. The predicted octanol–water partition coefficient (Wildman–Crippen LogP) is 5.31. The molecule has 0 spiro atoms. The Labute approximate surface area is 281 Å². The summed E-state index contributed by atoms with van der Waals surface area (Å²) in [6.07, 6.45) is -2.66. The van der Waals surface area contributed by atoms with E-state index in [1.807, 2.05) is 131 Å². The van der Waals surface area contributed by atoms with E-state index in [-0.39, 0.29) is 11.5 Å². The summed E-state index contributed by atoms with van der Waals surface area (Å²) in [5, 5.41) is 58.9. The molecular weight excluding hydrogens is 600 g/mol. The number of phenols is 2. The van der Waals surface area contributed by atoms with E-state index in [0.717, 1.165) is 55.1 Å². The molecule has 1 saturated carbocycles. The molecule has 0 heterocycles. The summed E-state index contributed by atoms with van der Waals surface area (Å²) in [7, 11) is 15.8. The van der Waals surface area contributed by atoms with Gasteiger partial charge in [-0.05, 0) is 58.0 Å². The molecule has 6 aromatic rings. The number of rotatable bonds is 6. The van der Waals surface area contributed by atoms with Gasteiger partial charge >= 0.3 is 0 Å². The Morgan fingerprint density at radius 3 is 1.54 bits per heavy atom. The van der Waals surface area contributed by atoms with Gasteiger partial charge in [0.25, 0.3) is 0 Å². The Hall–Kier alpha value is -4.92. The van der Waals surface area contributed by atoms with Crippen molar-refractivity contribution in [3.63, 3.8) is 0 Å². The van der Waals surface area contributed by atoms with Crippen molar-refractivity contribution >= 4 is 65.8 Å². The molecule has 48 heavy (non-hydrogen) atoms. The van der Waals surface area contributed by atoms with Crippen LogP contribution in [0.4, 0.5) is 22.7 Å². The van der Waals surface area contributed by atoms with E-state index in [0.29, 0.717) is 21.9 Å². The maximum atomic E-state index is 14.9. The second-order valence-corrected chi connectivity index (χ2v) is 13.9. The number of anilines is 4. The Bertz CT molecular complexity index is 2230. The topological polar surface area (TPSA) is 99.5 Å². The molecule has 1 fully saturated rings. The molecule has 2 N–H and O–H groups in total. The molecule has 0 saturated heterocycles. The van der Waals surface area contributed by atoms with E-state index in [4.69, 9.17) is 0 Å². The van der Waals surface area contributed by atoms with Gasteiger partial charge in [0.2, 0.25) is 0 Å². The highest BCUT2D eigenvalue weighted by atomic mass is 16.3. The standard InChI is InChI=1S/C40H42N4O4/c1-41(2)25-17-11-15-23-29(25)38(44(7)8)33-26(42(3)4)19-20-28(46)34(33)32(23)36-39(47)35(40(36)48)31-21-13-9-10-14-22(21)37(43(5)6)24-16-12-18-27(45)30(24)31/h9-20,35-36,39-40,45-46H,1-8H3/q-2. The van der Waals surface area contributed by atoms with Crippen LogP contribution in [0.5, 0.6) is 11.5 Å². The average molecular weight is 643 g/mol. The van der Waals surface area contributed by atoms with Crippen LogP contribution in [0.3, 0.4) is 0 Å². The van der Waals surface area contributed by atoms with Crippen molar-refractivity contribution in [2.45, 2.75) is 24.0 Å². The lowest BCUT2D eigenvalue weighted by atomic mass is 9.60. The summed E-state index contributed by atoms with van der Waals surface area (Å²) in [4.78, 5) is 8.11. The summed E-state index contributed by atoms with van der Waals surface area (Å²) in [6, 6.07) is 22.7. The van der Waals surface area contributed by atoms with Crippen molar-refractivity contribution < 1.29 is 20.4 Å². The summed E-state index contributed by atoms with van der Waals surface area (Å²) in [5.74, 6) is -1.77. The van der Waals surface area contributed by atoms with Crippen molar-refractivity contribution in [2.24, 2.45) is 0 Å². The zero-order valence-corrected chi connectivity index (χ0v) is 28.7. The zero-order valence-electron chi connectivity index (χ0n) is 28.7. The van der Waals surface area contributed by atoms with Crippen LogP contribution in [0.15, 0.2) is 72.8 Å². The van der Waals surface area contributed by atoms with Crippen LogP contribution in [-0.4, -0.2) is 78.8 Å². The maximum absolute atomic E-state index is 14.9. The minimum atomic E-state index is -1.33. The van der Waals surface area contributed by atoms with Crippen LogP contribution in [0.1, 0.15) is 23.0 Å². The van der Waals surface area contributed by atoms with E-state index in [1.54, 1.807) is 18.2 Å². The number of phenolic OH excluding ortho intramolecular Hbond substituents is 2. The van der Waals surface area contributed by atoms with E-state index in [1.165, 1.54) is 0 Å². The third-order valence-electron chi connectivity index (χ3n) is 10.2. The fourth-order valence-corrected chi connectivity index (χ4v) is 8.29. The second kappa shape index (κ2) is 11.4. The lowest BCUT2D eigenvalue weighted by molar-refractivity contribution is -0.535. The fourth-order valence-electron chi connectivity index (χ4n) is 8.29. The van der Waals surface area contributed by atoms with Crippen molar-refractivity contribution in [3.05, 3.63) is 83.9 Å². The van der Waals surface area contributed by atoms with Gasteiger partial charge in [-0.15, -0.1) is 12.2 Å². The molecule has 0 aliphatic heterocycles. The van der Waals surface area contributed by atoms with Crippen LogP contribution in [0.2, 0.25) is 0 Å². The Kier molecular flexibility index (Phi) is 7.49. The molecule has 1 aliphatic rings. The molecule has 1 aliphatic carbocycles. The minimum absolute atomic E-state index is 0.0394. The highest BCUT2D eigenvalue weighted by Crippen LogP contribution is 2.57.